The van der Waals surface area contributed by atoms with E-state index in [0.29, 0.717) is 25.9 Å². The van der Waals surface area contributed by atoms with Crippen molar-refractivity contribution in [2.24, 2.45) is 16.3 Å². The molecule has 0 radical (unpaired) electrons. The number of nitrogens with one attached hydrogen (secondary N) is 1. The molecule has 98 valence electrons. The molecule has 7 nitrogen and oxygen atoms in total. The summed E-state index contributed by atoms with van der Waals surface area (Å²) in [5.74, 6) is -0.155. The summed E-state index contributed by atoms with van der Waals surface area (Å²) in [5.41, 5.74) is 4.80. The molecule has 2 rings (SSSR count). The lowest BCUT2D eigenvalue weighted by Crippen LogP contribution is -2.54. The van der Waals surface area contributed by atoms with E-state index in [4.69, 9.17) is 10.9 Å². The number of aromatic nitrogens is 2. The number of amidine groups is 1. The standard InChI is InChI=1S/C11H17N5O2/c12-9(15-18)11(2-1-3-11)10(17)14-5-7-16-6-4-13-8-16/h4,6,8,18H,1-3,5,7H2,(H2,12,15)(H,14,17). The van der Waals surface area contributed by atoms with E-state index in [1.54, 1.807) is 12.5 Å². The lowest BCUT2D eigenvalue weighted by atomic mass is 9.67. The van der Waals surface area contributed by atoms with E-state index >= 15 is 0 Å². The van der Waals surface area contributed by atoms with Gasteiger partial charge in [-0.05, 0) is 12.8 Å². The Labute approximate surface area is 105 Å². The largest absolute Gasteiger partial charge is 0.409 e. The van der Waals surface area contributed by atoms with Gasteiger partial charge in [0.2, 0.25) is 5.91 Å². The average Bonchev–Trinajstić information content (AvgIpc) is 2.80. The summed E-state index contributed by atoms with van der Waals surface area (Å²) in [4.78, 5) is 16.0. The number of oxime groups is 1. The van der Waals surface area contributed by atoms with E-state index in [0.717, 1.165) is 6.42 Å². The second kappa shape index (κ2) is 5.07. The third-order valence-corrected chi connectivity index (χ3v) is 3.45. The molecule has 1 aliphatic carbocycles. The molecule has 1 heterocycles. The van der Waals surface area contributed by atoms with E-state index < -0.39 is 5.41 Å². The fourth-order valence-corrected chi connectivity index (χ4v) is 2.11. The van der Waals surface area contributed by atoms with Crippen LogP contribution in [0.2, 0.25) is 0 Å². The van der Waals surface area contributed by atoms with Gasteiger partial charge >= 0.3 is 0 Å². The van der Waals surface area contributed by atoms with Crippen molar-refractivity contribution in [1.82, 2.24) is 14.9 Å². The second-order valence-corrected chi connectivity index (χ2v) is 4.48. The number of imidazole rings is 1. The Hall–Kier alpha value is -2.05. The Morgan fingerprint density at radius 2 is 2.39 bits per heavy atom. The molecule has 0 saturated heterocycles. The molecule has 1 aromatic heterocycles. The van der Waals surface area contributed by atoms with Gasteiger partial charge < -0.3 is 20.8 Å². The van der Waals surface area contributed by atoms with E-state index in [1.165, 1.54) is 0 Å². The number of rotatable bonds is 5. The summed E-state index contributed by atoms with van der Waals surface area (Å²) in [6, 6.07) is 0. The van der Waals surface area contributed by atoms with Gasteiger partial charge in [0.1, 0.15) is 5.41 Å². The molecule has 1 aliphatic rings. The Balaban J connectivity index is 1.87. The van der Waals surface area contributed by atoms with Crippen LogP contribution in [0, 0.1) is 5.41 Å². The molecule has 1 fully saturated rings. The Morgan fingerprint density at radius 1 is 1.61 bits per heavy atom. The molecular formula is C11H17N5O2. The average molecular weight is 251 g/mol. The van der Waals surface area contributed by atoms with Crippen molar-refractivity contribution in [3.63, 3.8) is 0 Å². The van der Waals surface area contributed by atoms with Crippen LogP contribution in [0.25, 0.3) is 0 Å². The number of hydrogen-bond acceptors (Lipinski definition) is 4. The van der Waals surface area contributed by atoms with E-state index in [2.05, 4.69) is 15.5 Å². The van der Waals surface area contributed by atoms with Crippen LogP contribution in [0.4, 0.5) is 0 Å². The number of nitrogens with two attached hydrogens (primary N) is 1. The Bertz CT molecular complexity index is 436. The van der Waals surface area contributed by atoms with Gasteiger partial charge in [0.25, 0.3) is 0 Å². The lowest BCUT2D eigenvalue weighted by molar-refractivity contribution is -0.131. The van der Waals surface area contributed by atoms with Crippen molar-refractivity contribution in [3.05, 3.63) is 18.7 Å². The van der Waals surface area contributed by atoms with Crippen molar-refractivity contribution < 1.29 is 10.0 Å². The molecule has 0 bridgehead atoms. The first-order chi connectivity index (χ1) is 8.69. The first-order valence-electron chi connectivity index (χ1n) is 5.91. The lowest BCUT2D eigenvalue weighted by Gasteiger charge is -2.38. The third-order valence-electron chi connectivity index (χ3n) is 3.45. The van der Waals surface area contributed by atoms with Crippen LogP contribution in [-0.4, -0.2) is 33.0 Å². The van der Waals surface area contributed by atoms with Crippen LogP contribution in [0.1, 0.15) is 19.3 Å². The molecular weight excluding hydrogens is 234 g/mol. The van der Waals surface area contributed by atoms with Gasteiger partial charge in [0, 0.05) is 25.5 Å². The summed E-state index contributed by atoms with van der Waals surface area (Å²) in [6.45, 7) is 1.15. The monoisotopic (exact) mass is 251 g/mol. The zero-order valence-corrected chi connectivity index (χ0v) is 10.0. The first kappa shape index (κ1) is 12.4. The highest BCUT2D eigenvalue weighted by Gasteiger charge is 2.48. The predicted molar refractivity (Wildman–Crippen MR) is 64.9 cm³/mol. The summed E-state index contributed by atoms with van der Waals surface area (Å²) in [6.07, 6.45) is 7.40. The van der Waals surface area contributed by atoms with Crippen molar-refractivity contribution in [1.29, 1.82) is 0 Å². The smallest absolute Gasteiger partial charge is 0.234 e. The van der Waals surface area contributed by atoms with Gasteiger partial charge in [-0.15, -0.1) is 0 Å². The zero-order chi connectivity index (χ0) is 13.0. The highest BCUT2D eigenvalue weighted by Crippen LogP contribution is 2.41. The molecule has 1 amide bonds. The molecule has 7 heteroatoms. The quantitative estimate of drug-likeness (QED) is 0.294. The minimum Gasteiger partial charge on any atom is -0.409 e. The van der Waals surface area contributed by atoms with E-state index in [1.807, 2.05) is 10.8 Å². The topological polar surface area (TPSA) is 106 Å². The van der Waals surface area contributed by atoms with Crippen LogP contribution < -0.4 is 11.1 Å². The van der Waals surface area contributed by atoms with Crippen molar-refractivity contribution in [3.8, 4) is 0 Å². The number of carbonyl (C=O) groups excluding carboxylic acids is 1. The Morgan fingerprint density at radius 3 is 2.89 bits per heavy atom. The number of amides is 1. The van der Waals surface area contributed by atoms with Gasteiger partial charge in [-0.1, -0.05) is 11.6 Å². The molecule has 0 aromatic carbocycles. The zero-order valence-electron chi connectivity index (χ0n) is 10.0. The summed E-state index contributed by atoms with van der Waals surface area (Å²) >= 11 is 0. The van der Waals surface area contributed by atoms with Crippen LogP contribution >= 0.6 is 0 Å². The maximum absolute atomic E-state index is 12.1. The van der Waals surface area contributed by atoms with Crippen molar-refractivity contribution >= 4 is 11.7 Å². The highest BCUT2D eigenvalue weighted by atomic mass is 16.4. The summed E-state index contributed by atoms with van der Waals surface area (Å²) in [5, 5.41) is 14.5. The molecule has 0 atom stereocenters. The molecule has 1 aromatic rings. The SMILES string of the molecule is N/C(=N/O)C1(C(=O)NCCn2ccnc2)CCC1. The fourth-order valence-electron chi connectivity index (χ4n) is 2.11. The molecule has 0 unspecified atom stereocenters. The van der Waals surface area contributed by atoms with Crippen LogP contribution in [-0.2, 0) is 11.3 Å². The molecule has 18 heavy (non-hydrogen) atoms. The van der Waals surface area contributed by atoms with Gasteiger partial charge in [0.05, 0.1) is 6.33 Å². The number of nitrogens with zero attached hydrogens (tertiary/aromatic N) is 3. The van der Waals surface area contributed by atoms with Gasteiger partial charge in [-0.3, -0.25) is 4.79 Å². The molecule has 0 spiro atoms. The molecule has 1 saturated carbocycles. The van der Waals surface area contributed by atoms with Crippen LogP contribution in [0.15, 0.2) is 23.9 Å². The summed E-state index contributed by atoms with van der Waals surface area (Å²) < 4.78 is 1.87. The van der Waals surface area contributed by atoms with Crippen LogP contribution in [0.3, 0.4) is 0 Å². The minimum absolute atomic E-state index is 0.00822. The molecule has 4 N–H and O–H groups in total. The van der Waals surface area contributed by atoms with Gasteiger partial charge in [0.15, 0.2) is 5.84 Å². The first-order valence-corrected chi connectivity index (χ1v) is 5.91. The fraction of sp³-hybridized carbons (Fsp3) is 0.545. The highest BCUT2D eigenvalue weighted by molar-refractivity contribution is 6.07. The van der Waals surface area contributed by atoms with E-state index in [-0.39, 0.29) is 11.7 Å². The molecule has 0 aliphatic heterocycles. The number of hydrogen-bond donors (Lipinski definition) is 3. The van der Waals surface area contributed by atoms with Gasteiger partial charge in [-0.25, -0.2) is 4.98 Å². The number of carbonyl (C=O) groups is 1. The third kappa shape index (κ3) is 2.15. The maximum Gasteiger partial charge on any atom is 0.234 e. The minimum atomic E-state index is -0.802. The summed E-state index contributed by atoms with van der Waals surface area (Å²) in [7, 11) is 0. The predicted octanol–water partition coefficient (Wildman–Crippen LogP) is -0.0840. The normalized spacial score (nSPS) is 18.1. The van der Waals surface area contributed by atoms with Crippen molar-refractivity contribution in [2.45, 2.75) is 25.8 Å². The van der Waals surface area contributed by atoms with E-state index in [9.17, 15) is 4.79 Å². The second-order valence-electron chi connectivity index (χ2n) is 4.48. The Kier molecular flexibility index (Phi) is 3.50. The van der Waals surface area contributed by atoms with Crippen LogP contribution in [0.5, 0.6) is 0 Å². The van der Waals surface area contributed by atoms with Crippen molar-refractivity contribution in [2.75, 3.05) is 6.54 Å². The maximum atomic E-state index is 12.1. The van der Waals surface area contributed by atoms with Gasteiger partial charge in [-0.2, -0.15) is 0 Å².